The average Bonchev–Trinajstić information content (AvgIpc) is 2.69. The maximum Gasteiger partial charge on any atom is 0.227 e. The summed E-state index contributed by atoms with van der Waals surface area (Å²) in [5, 5.41) is 11.0. The summed E-state index contributed by atoms with van der Waals surface area (Å²) in [6.07, 6.45) is 6.57. The highest BCUT2D eigenvalue weighted by atomic mass is 16.1. The molecule has 0 aliphatic carbocycles. The summed E-state index contributed by atoms with van der Waals surface area (Å²) < 4.78 is 0. The number of benzene rings is 1. The zero-order valence-corrected chi connectivity index (χ0v) is 13.7. The molecule has 1 saturated heterocycles. The first kappa shape index (κ1) is 15.4. The fourth-order valence-electron chi connectivity index (χ4n) is 3.12. The third kappa shape index (κ3) is 3.40. The maximum atomic E-state index is 12.6. The minimum atomic E-state index is 0.00507. The van der Waals surface area contributed by atoms with Crippen molar-refractivity contribution in [1.82, 2.24) is 20.2 Å². The van der Waals surface area contributed by atoms with Crippen LogP contribution >= 0.6 is 0 Å². The standard InChI is InChI=1S/C18H18N6O/c25-18(22-14-3-4-15-16(12-14)20-9-8-19-15)13-5-10-24(11-6-13)17-2-1-7-21-23-17/h1-4,7-9,12-13H,5-6,10-11H2,(H,22,25). The van der Waals surface area contributed by atoms with Crippen LogP contribution in [0.1, 0.15) is 12.8 Å². The maximum absolute atomic E-state index is 12.6. The van der Waals surface area contributed by atoms with E-state index in [1.54, 1.807) is 18.6 Å². The van der Waals surface area contributed by atoms with Gasteiger partial charge in [-0.2, -0.15) is 5.10 Å². The van der Waals surface area contributed by atoms with E-state index in [4.69, 9.17) is 0 Å². The second-order valence-electron chi connectivity index (χ2n) is 6.09. The molecule has 1 aliphatic heterocycles. The van der Waals surface area contributed by atoms with Gasteiger partial charge in [0.1, 0.15) is 0 Å². The quantitative estimate of drug-likeness (QED) is 0.791. The van der Waals surface area contributed by atoms with E-state index in [9.17, 15) is 4.79 Å². The minimum absolute atomic E-state index is 0.00507. The van der Waals surface area contributed by atoms with Crippen molar-refractivity contribution < 1.29 is 4.79 Å². The molecule has 1 N–H and O–H groups in total. The Labute approximate surface area is 145 Å². The first-order valence-electron chi connectivity index (χ1n) is 8.34. The van der Waals surface area contributed by atoms with E-state index in [0.29, 0.717) is 0 Å². The van der Waals surface area contributed by atoms with Crippen LogP contribution in [0.2, 0.25) is 0 Å². The lowest BCUT2D eigenvalue weighted by Crippen LogP contribution is -2.38. The molecule has 0 spiro atoms. The van der Waals surface area contributed by atoms with E-state index in [1.165, 1.54) is 0 Å². The number of hydrogen-bond donors (Lipinski definition) is 1. The second-order valence-corrected chi connectivity index (χ2v) is 6.09. The first-order valence-corrected chi connectivity index (χ1v) is 8.34. The van der Waals surface area contributed by atoms with Crippen molar-refractivity contribution in [3.05, 3.63) is 48.9 Å². The lowest BCUT2D eigenvalue weighted by molar-refractivity contribution is -0.120. The molecule has 0 radical (unpaired) electrons. The molecule has 0 bridgehead atoms. The lowest BCUT2D eigenvalue weighted by atomic mass is 9.96. The topological polar surface area (TPSA) is 83.9 Å². The van der Waals surface area contributed by atoms with E-state index in [-0.39, 0.29) is 11.8 Å². The SMILES string of the molecule is O=C(Nc1ccc2nccnc2c1)C1CCN(c2cccnn2)CC1. The van der Waals surface area contributed by atoms with Gasteiger partial charge in [-0.15, -0.1) is 5.10 Å². The molecule has 25 heavy (non-hydrogen) atoms. The molecule has 0 saturated carbocycles. The Balaban J connectivity index is 1.38. The summed E-state index contributed by atoms with van der Waals surface area (Å²) >= 11 is 0. The number of fused-ring (bicyclic) bond motifs is 1. The number of amides is 1. The van der Waals surface area contributed by atoms with Crippen LogP contribution in [0.4, 0.5) is 11.5 Å². The summed E-state index contributed by atoms with van der Waals surface area (Å²) in [4.78, 5) is 23.2. The Bertz CT molecular complexity index is 877. The molecule has 3 aromatic rings. The molecule has 4 rings (SSSR count). The van der Waals surface area contributed by atoms with E-state index in [2.05, 4.69) is 30.4 Å². The van der Waals surface area contributed by atoms with Crippen molar-refractivity contribution >= 4 is 28.4 Å². The molecule has 1 fully saturated rings. The third-order valence-electron chi connectivity index (χ3n) is 4.48. The number of carbonyl (C=O) groups is 1. The van der Waals surface area contributed by atoms with Gasteiger partial charge in [0, 0.05) is 43.3 Å². The van der Waals surface area contributed by atoms with Gasteiger partial charge in [-0.05, 0) is 43.2 Å². The molecule has 1 aliphatic rings. The van der Waals surface area contributed by atoms with Crippen LogP contribution < -0.4 is 10.2 Å². The van der Waals surface area contributed by atoms with Gasteiger partial charge in [-0.25, -0.2) is 0 Å². The molecule has 0 atom stereocenters. The molecule has 7 nitrogen and oxygen atoms in total. The van der Waals surface area contributed by atoms with Crippen molar-refractivity contribution in [3.63, 3.8) is 0 Å². The normalized spacial score (nSPS) is 15.3. The van der Waals surface area contributed by atoms with Crippen LogP contribution in [-0.4, -0.2) is 39.2 Å². The minimum Gasteiger partial charge on any atom is -0.355 e. The number of hydrogen-bond acceptors (Lipinski definition) is 6. The molecule has 1 amide bonds. The van der Waals surface area contributed by atoms with E-state index in [1.807, 2.05) is 30.3 Å². The van der Waals surface area contributed by atoms with Gasteiger partial charge in [0.2, 0.25) is 5.91 Å². The number of anilines is 2. The van der Waals surface area contributed by atoms with Crippen LogP contribution in [0.15, 0.2) is 48.9 Å². The smallest absolute Gasteiger partial charge is 0.227 e. The second kappa shape index (κ2) is 6.80. The van der Waals surface area contributed by atoms with Gasteiger partial charge in [-0.1, -0.05) is 0 Å². The van der Waals surface area contributed by atoms with E-state index in [0.717, 1.165) is 48.5 Å². The number of carbonyl (C=O) groups excluding carboxylic acids is 1. The molecule has 0 unspecified atom stereocenters. The van der Waals surface area contributed by atoms with Gasteiger partial charge < -0.3 is 10.2 Å². The van der Waals surface area contributed by atoms with Crippen molar-refractivity contribution in [3.8, 4) is 0 Å². The number of nitrogens with zero attached hydrogens (tertiary/aromatic N) is 5. The Morgan fingerprint density at radius 2 is 1.84 bits per heavy atom. The Kier molecular flexibility index (Phi) is 4.20. The number of piperidine rings is 1. The van der Waals surface area contributed by atoms with Gasteiger partial charge in [-0.3, -0.25) is 14.8 Å². The first-order chi connectivity index (χ1) is 12.3. The fourth-order valence-corrected chi connectivity index (χ4v) is 3.12. The predicted molar refractivity (Wildman–Crippen MR) is 95.1 cm³/mol. The van der Waals surface area contributed by atoms with Crippen LogP contribution in [-0.2, 0) is 4.79 Å². The zero-order chi connectivity index (χ0) is 17.1. The van der Waals surface area contributed by atoms with Gasteiger partial charge in [0.15, 0.2) is 5.82 Å². The Hall–Kier alpha value is -3.09. The highest BCUT2D eigenvalue weighted by Crippen LogP contribution is 2.23. The molecule has 7 heteroatoms. The average molecular weight is 334 g/mol. The van der Waals surface area contributed by atoms with Crippen molar-refractivity contribution in [2.75, 3.05) is 23.3 Å². The van der Waals surface area contributed by atoms with Crippen LogP contribution in [0.25, 0.3) is 11.0 Å². The highest BCUT2D eigenvalue weighted by Gasteiger charge is 2.25. The van der Waals surface area contributed by atoms with Crippen molar-refractivity contribution in [2.24, 2.45) is 5.92 Å². The molecular formula is C18H18N6O. The lowest BCUT2D eigenvalue weighted by Gasteiger charge is -2.31. The zero-order valence-electron chi connectivity index (χ0n) is 13.7. The van der Waals surface area contributed by atoms with Crippen LogP contribution in [0.5, 0.6) is 0 Å². The van der Waals surface area contributed by atoms with Gasteiger partial charge in [0.25, 0.3) is 0 Å². The number of aromatic nitrogens is 4. The van der Waals surface area contributed by atoms with Crippen LogP contribution in [0, 0.1) is 5.92 Å². The van der Waals surface area contributed by atoms with E-state index >= 15 is 0 Å². The summed E-state index contributed by atoms with van der Waals surface area (Å²) in [5.41, 5.74) is 2.35. The highest BCUT2D eigenvalue weighted by molar-refractivity contribution is 5.94. The predicted octanol–water partition coefficient (Wildman–Crippen LogP) is 2.27. The molecule has 1 aromatic carbocycles. The summed E-state index contributed by atoms with van der Waals surface area (Å²) in [5.74, 6) is 0.932. The van der Waals surface area contributed by atoms with Crippen molar-refractivity contribution in [2.45, 2.75) is 12.8 Å². The summed E-state index contributed by atoms with van der Waals surface area (Å²) in [6, 6.07) is 9.42. The van der Waals surface area contributed by atoms with Gasteiger partial charge >= 0.3 is 0 Å². The number of nitrogens with one attached hydrogen (secondary N) is 1. The Morgan fingerprint density at radius 1 is 1.04 bits per heavy atom. The van der Waals surface area contributed by atoms with Crippen molar-refractivity contribution in [1.29, 1.82) is 0 Å². The molecular weight excluding hydrogens is 316 g/mol. The van der Waals surface area contributed by atoms with Gasteiger partial charge in [0.05, 0.1) is 11.0 Å². The largest absolute Gasteiger partial charge is 0.355 e. The fraction of sp³-hybridized carbons (Fsp3) is 0.278. The number of rotatable bonds is 3. The molecule has 3 heterocycles. The molecule has 2 aromatic heterocycles. The Morgan fingerprint density at radius 3 is 2.60 bits per heavy atom. The summed E-state index contributed by atoms with van der Waals surface area (Å²) in [7, 11) is 0. The van der Waals surface area contributed by atoms with E-state index < -0.39 is 0 Å². The van der Waals surface area contributed by atoms with Crippen LogP contribution in [0.3, 0.4) is 0 Å². The monoisotopic (exact) mass is 334 g/mol. The third-order valence-corrected chi connectivity index (χ3v) is 4.48. The summed E-state index contributed by atoms with van der Waals surface area (Å²) in [6.45, 7) is 1.61. The molecule has 126 valence electrons.